The van der Waals surface area contributed by atoms with Crippen molar-refractivity contribution in [3.63, 3.8) is 0 Å². The molecule has 4 N–H and O–H groups in total. The molecule has 2 aliphatic rings. The maximum absolute atomic E-state index is 13.6. The van der Waals surface area contributed by atoms with Gasteiger partial charge in [0.25, 0.3) is 0 Å². The number of benzene rings is 2. The SMILES string of the molecule is CC(O)[C@H]1C(=O)N[C@H](Cc2ccccc2)C(=O)NCCCc2ccccc2OCCN[C@@H](C2CC2)C(=O)N1C. The summed E-state index contributed by atoms with van der Waals surface area (Å²) in [5, 5.41) is 19.7. The number of ether oxygens (including phenoxy) is 1. The predicted octanol–water partition coefficient (Wildman–Crippen LogP) is 1.43. The lowest BCUT2D eigenvalue weighted by Gasteiger charge is -2.33. The Bertz CT molecular complexity index is 1120. The number of nitrogens with one attached hydrogen (secondary N) is 3. The molecule has 0 aromatic heterocycles. The highest BCUT2D eigenvalue weighted by Crippen LogP contribution is 2.33. The standard InChI is InChI=1S/C30H40N4O5/c1-20(35)27-29(37)33-24(19-21-9-4-3-5-10-21)28(36)32-16-8-12-22-11-6-7-13-25(22)39-18-17-31-26(23-14-15-23)30(38)34(27)2/h3-7,9-11,13,20,23-24,26-27,31,35H,8,12,14-19H2,1-2H3,(H,32,36)(H,33,37)/t20?,24-,26+,27+/m1/s1. The van der Waals surface area contributed by atoms with Crippen LogP contribution < -0.4 is 20.7 Å². The summed E-state index contributed by atoms with van der Waals surface area (Å²) < 4.78 is 6.05. The molecule has 0 saturated heterocycles. The maximum atomic E-state index is 13.6. The van der Waals surface area contributed by atoms with Crippen LogP contribution in [-0.2, 0) is 27.2 Å². The Labute approximate surface area is 230 Å². The number of rotatable bonds is 4. The molecule has 4 atom stereocenters. The van der Waals surface area contributed by atoms with Gasteiger partial charge in [0.15, 0.2) is 0 Å². The molecule has 210 valence electrons. The molecule has 1 fully saturated rings. The zero-order chi connectivity index (χ0) is 27.8. The van der Waals surface area contributed by atoms with Gasteiger partial charge in [-0.05, 0) is 55.7 Å². The van der Waals surface area contributed by atoms with Gasteiger partial charge in [0.2, 0.25) is 17.7 Å². The summed E-state index contributed by atoms with van der Waals surface area (Å²) in [5.74, 6) is -0.170. The minimum atomic E-state index is -1.14. The van der Waals surface area contributed by atoms with E-state index < -0.39 is 30.1 Å². The first-order valence-corrected chi connectivity index (χ1v) is 13.9. The Kier molecular flexibility index (Phi) is 9.95. The number of aliphatic hydroxyl groups is 1. The Balaban J connectivity index is 1.59. The number of carbonyl (C=O) groups excluding carboxylic acids is 3. The van der Waals surface area contributed by atoms with Crippen molar-refractivity contribution in [3.05, 3.63) is 65.7 Å². The molecule has 2 aromatic carbocycles. The van der Waals surface area contributed by atoms with Gasteiger partial charge < -0.3 is 30.7 Å². The first-order chi connectivity index (χ1) is 18.8. The topological polar surface area (TPSA) is 120 Å². The molecule has 0 spiro atoms. The largest absolute Gasteiger partial charge is 0.492 e. The van der Waals surface area contributed by atoms with E-state index >= 15 is 0 Å². The van der Waals surface area contributed by atoms with Crippen LogP contribution in [0.1, 0.15) is 37.3 Å². The van der Waals surface area contributed by atoms with E-state index in [0.29, 0.717) is 26.1 Å². The summed E-state index contributed by atoms with van der Waals surface area (Å²) in [6.07, 6.45) is 2.42. The van der Waals surface area contributed by atoms with E-state index in [1.807, 2.05) is 54.6 Å². The molecule has 0 bridgehead atoms. The number of aryl methyl sites for hydroxylation is 1. The smallest absolute Gasteiger partial charge is 0.246 e. The minimum absolute atomic E-state index is 0.173. The van der Waals surface area contributed by atoms with E-state index in [0.717, 1.165) is 36.1 Å². The van der Waals surface area contributed by atoms with E-state index in [4.69, 9.17) is 4.74 Å². The molecule has 0 radical (unpaired) electrons. The van der Waals surface area contributed by atoms with Crippen molar-refractivity contribution in [2.75, 3.05) is 26.7 Å². The van der Waals surface area contributed by atoms with Crippen LogP contribution in [-0.4, -0.2) is 78.7 Å². The average Bonchev–Trinajstić information content (AvgIpc) is 3.76. The van der Waals surface area contributed by atoms with Gasteiger partial charge >= 0.3 is 0 Å². The Morgan fingerprint density at radius 2 is 1.72 bits per heavy atom. The van der Waals surface area contributed by atoms with E-state index in [1.54, 1.807) is 0 Å². The van der Waals surface area contributed by atoms with Crippen molar-refractivity contribution in [2.45, 2.75) is 63.3 Å². The molecule has 2 aromatic rings. The van der Waals surface area contributed by atoms with Gasteiger partial charge in [0.1, 0.15) is 24.4 Å². The lowest BCUT2D eigenvalue weighted by atomic mass is 10.0. The van der Waals surface area contributed by atoms with E-state index in [9.17, 15) is 19.5 Å². The summed E-state index contributed by atoms with van der Waals surface area (Å²) in [6, 6.07) is 14.8. The van der Waals surface area contributed by atoms with Crippen molar-refractivity contribution < 1.29 is 24.2 Å². The maximum Gasteiger partial charge on any atom is 0.246 e. The lowest BCUT2D eigenvalue weighted by Crippen LogP contribution is -2.60. The first-order valence-electron chi connectivity index (χ1n) is 13.9. The molecular formula is C30H40N4O5. The van der Waals surface area contributed by atoms with Crippen LogP contribution >= 0.6 is 0 Å². The van der Waals surface area contributed by atoms with Crippen LogP contribution in [0.5, 0.6) is 5.75 Å². The van der Waals surface area contributed by atoms with Gasteiger partial charge in [-0.25, -0.2) is 0 Å². The highest BCUT2D eigenvalue weighted by Gasteiger charge is 2.41. The van der Waals surface area contributed by atoms with Crippen LogP contribution in [0.15, 0.2) is 54.6 Å². The predicted molar refractivity (Wildman–Crippen MR) is 148 cm³/mol. The number of fused-ring (bicyclic) bond motifs is 1. The Morgan fingerprint density at radius 1 is 1.00 bits per heavy atom. The first kappa shape index (κ1) is 28.6. The number of amides is 3. The van der Waals surface area contributed by atoms with Gasteiger partial charge in [-0.3, -0.25) is 14.4 Å². The monoisotopic (exact) mass is 536 g/mol. The van der Waals surface area contributed by atoms with Crippen LogP contribution in [0.25, 0.3) is 0 Å². The fraction of sp³-hybridized carbons (Fsp3) is 0.500. The molecule has 9 heteroatoms. The molecule has 3 amide bonds. The fourth-order valence-electron chi connectivity index (χ4n) is 5.12. The third-order valence-corrected chi connectivity index (χ3v) is 7.38. The highest BCUT2D eigenvalue weighted by atomic mass is 16.5. The molecule has 1 heterocycles. The summed E-state index contributed by atoms with van der Waals surface area (Å²) in [4.78, 5) is 41.6. The zero-order valence-corrected chi connectivity index (χ0v) is 22.8. The molecule has 39 heavy (non-hydrogen) atoms. The second-order valence-electron chi connectivity index (χ2n) is 10.5. The van der Waals surface area contributed by atoms with Gasteiger partial charge in [-0.2, -0.15) is 0 Å². The average molecular weight is 537 g/mol. The third-order valence-electron chi connectivity index (χ3n) is 7.38. The van der Waals surface area contributed by atoms with Crippen molar-refractivity contribution in [1.29, 1.82) is 0 Å². The van der Waals surface area contributed by atoms with Gasteiger partial charge in [-0.15, -0.1) is 0 Å². The van der Waals surface area contributed by atoms with Gasteiger partial charge in [0, 0.05) is 26.6 Å². The fourth-order valence-corrected chi connectivity index (χ4v) is 5.12. The molecule has 9 nitrogen and oxygen atoms in total. The second-order valence-corrected chi connectivity index (χ2v) is 10.5. The summed E-state index contributed by atoms with van der Waals surface area (Å²) in [5.41, 5.74) is 1.94. The van der Waals surface area contributed by atoms with Crippen LogP contribution in [0.2, 0.25) is 0 Å². The van der Waals surface area contributed by atoms with Crippen molar-refractivity contribution in [3.8, 4) is 5.75 Å². The molecule has 1 aliphatic heterocycles. The molecule has 1 saturated carbocycles. The molecular weight excluding hydrogens is 496 g/mol. The molecule has 4 rings (SSSR count). The second kappa shape index (κ2) is 13.6. The quantitative estimate of drug-likeness (QED) is 0.470. The van der Waals surface area contributed by atoms with Crippen molar-refractivity contribution in [1.82, 2.24) is 20.9 Å². The van der Waals surface area contributed by atoms with Crippen LogP contribution in [0.3, 0.4) is 0 Å². The highest BCUT2D eigenvalue weighted by molar-refractivity contribution is 5.93. The Hall–Kier alpha value is -3.43. The normalized spacial score (nSPS) is 24.8. The van der Waals surface area contributed by atoms with E-state index in [2.05, 4.69) is 16.0 Å². The van der Waals surface area contributed by atoms with Crippen LogP contribution in [0, 0.1) is 5.92 Å². The minimum Gasteiger partial charge on any atom is -0.492 e. The van der Waals surface area contributed by atoms with E-state index in [-0.39, 0.29) is 24.2 Å². The summed E-state index contributed by atoms with van der Waals surface area (Å²) in [7, 11) is 1.54. The summed E-state index contributed by atoms with van der Waals surface area (Å²) in [6.45, 7) is 2.76. The summed E-state index contributed by atoms with van der Waals surface area (Å²) >= 11 is 0. The van der Waals surface area contributed by atoms with Crippen LogP contribution in [0.4, 0.5) is 0 Å². The third kappa shape index (κ3) is 7.80. The number of nitrogens with zero attached hydrogens (tertiary/aromatic N) is 1. The van der Waals surface area contributed by atoms with Crippen molar-refractivity contribution in [2.24, 2.45) is 5.92 Å². The number of para-hydroxylation sites is 1. The number of aliphatic hydroxyl groups excluding tert-OH is 1. The number of carbonyl (C=O) groups is 3. The number of hydrogen-bond acceptors (Lipinski definition) is 6. The van der Waals surface area contributed by atoms with E-state index in [1.165, 1.54) is 18.9 Å². The van der Waals surface area contributed by atoms with Gasteiger partial charge in [-0.1, -0.05) is 48.5 Å². The molecule has 1 aliphatic carbocycles. The lowest BCUT2D eigenvalue weighted by molar-refractivity contribution is -0.145. The molecule has 1 unspecified atom stereocenters. The zero-order valence-electron chi connectivity index (χ0n) is 22.8. The van der Waals surface area contributed by atoms with Crippen molar-refractivity contribution >= 4 is 17.7 Å². The number of hydrogen-bond donors (Lipinski definition) is 4. The number of likely N-dealkylation sites (N-methyl/N-ethyl adjacent to an activating group) is 1. The Morgan fingerprint density at radius 3 is 2.44 bits per heavy atom. The van der Waals surface area contributed by atoms with Gasteiger partial charge in [0.05, 0.1) is 12.1 Å².